The summed E-state index contributed by atoms with van der Waals surface area (Å²) in [5.74, 6) is -0.0950. The van der Waals surface area contributed by atoms with Crippen molar-refractivity contribution in [1.29, 1.82) is 0 Å². The molecule has 0 spiro atoms. The number of aromatic amines is 1. The van der Waals surface area contributed by atoms with Gasteiger partial charge in [-0.3, -0.25) is 9.69 Å². The van der Waals surface area contributed by atoms with Crippen LogP contribution < -0.4 is 5.56 Å². The number of benzene rings is 2. The third kappa shape index (κ3) is 5.04. The lowest BCUT2D eigenvalue weighted by atomic mass is 10.1. The number of hydrogen-bond donors (Lipinski definition) is 1. The van der Waals surface area contributed by atoms with Gasteiger partial charge in [-0.15, -0.1) is 0 Å². The molecule has 3 rings (SSSR count). The van der Waals surface area contributed by atoms with Crippen molar-refractivity contribution < 1.29 is 13.2 Å². The second-order valence-corrected chi connectivity index (χ2v) is 6.34. The van der Waals surface area contributed by atoms with Gasteiger partial charge in [0.25, 0.3) is 5.56 Å². The Morgan fingerprint density at radius 2 is 1.63 bits per heavy atom. The smallest absolute Gasteiger partial charge is 0.307 e. The summed E-state index contributed by atoms with van der Waals surface area (Å²) in [5, 5.41) is 0. The molecule has 0 radical (unpaired) electrons. The van der Waals surface area contributed by atoms with E-state index in [1.165, 1.54) is 5.56 Å². The third-order valence-electron chi connectivity index (χ3n) is 3.98. The normalized spacial score (nSPS) is 11.7. The molecule has 3 aromatic rings. The molecule has 0 atom stereocenters. The molecule has 0 unspecified atom stereocenters. The first kappa shape index (κ1) is 18.8. The minimum absolute atomic E-state index is 0.0950. The zero-order valence-corrected chi connectivity index (χ0v) is 14.6. The molecule has 0 saturated carbocycles. The van der Waals surface area contributed by atoms with E-state index < -0.39 is 17.4 Å². The number of hydrogen-bond acceptors (Lipinski definition) is 3. The summed E-state index contributed by atoms with van der Waals surface area (Å²) in [6.07, 6.45) is -4.67. The van der Waals surface area contributed by atoms with E-state index in [0.29, 0.717) is 18.2 Å². The zero-order valence-electron chi connectivity index (χ0n) is 14.6. The van der Waals surface area contributed by atoms with Crippen LogP contribution >= 0.6 is 0 Å². The molecule has 1 heterocycles. The fourth-order valence-electron chi connectivity index (χ4n) is 2.82. The summed E-state index contributed by atoms with van der Waals surface area (Å²) < 4.78 is 38.7. The van der Waals surface area contributed by atoms with Gasteiger partial charge in [0.15, 0.2) is 5.69 Å². The van der Waals surface area contributed by atoms with Crippen LogP contribution in [0.25, 0.3) is 11.4 Å². The first-order valence-electron chi connectivity index (χ1n) is 8.31. The highest BCUT2D eigenvalue weighted by molar-refractivity contribution is 5.56. The van der Waals surface area contributed by atoms with E-state index in [0.717, 1.165) is 12.1 Å². The minimum atomic E-state index is -4.67. The maximum atomic E-state index is 12.9. The Bertz CT molecular complexity index is 968. The molecule has 140 valence electrons. The van der Waals surface area contributed by atoms with Crippen molar-refractivity contribution in [2.45, 2.75) is 19.3 Å². The Morgan fingerprint density at radius 3 is 2.33 bits per heavy atom. The van der Waals surface area contributed by atoms with Crippen molar-refractivity contribution in [1.82, 2.24) is 14.9 Å². The summed E-state index contributed by atoms with van der Waals surface area (Å²) in [5.41, 5.74) is 0.474. The van der Waals surface area contributed by atoms with Crippen LogP contribution in [0.5, 0.6) is 0 Å². The Balaban J connectivity index is 1.82. The summed E-state index contributed by atoms with van der Waals surface area (Å²) in [7, 11) is 1.96. The van der Waals surface area contributed by atoms with Gasteiger partial charge >= 0.3 is 6.18 Å². The van der Waals surface area contributed by atoms with E-state index in [1.54, 1.807) is 18.2 Å². The maximum Gasteiger partial charge on any atom is 0.433 e. The SMILES string of the molecule is CN(Cc1ccccc1)Cc1cccc(-c2nc(C(F)(F)F)cc(=O)[nH]2)c1. The number of H-pyrrole nitrogens is 1. The number of rotatable bonds is 5. The van der Waals surface area contributed by atoms with Gasteiger partial charge in [0.1, 0.15) is 5.82 Å². The highest BCUT2D eigenvalue weighted by atomic mass is 19.4. The van der Waals surface area contributed by atoms with Crippen molar-refractivity contribution in [2.75, 3.05) is 7.05 Å². The number of nitrogens with zero attached hydrogens (tertiary/aromatic N) is 2. The first-order valence-corrected chi connectivity index (χ1v) is 8.31. The van der Waals surface area contributed by atoms with Gasteiger partial charge in [0, 0.05) is 24.7 Å². The summed E-state index contributed by atoms with van der Waals surface area (Å²) in [6.45, 7) is 1.34. The lowest BCUT2D eigenvalue weighted by molar-refractivity contribution is -0.141. The second-order valence-electron chi connectivity index (χ2n) is 6.34. The van der Waals surface area contributed by atoms with Gasteiger partial charge in [0.2, 0.25) is 0 Å². The molecule has 7 heteroatoms. The van der Waals surface area contributed by atoms with E-state index in [1.807, 2.05) is 43.4 Å². The average molecular weight is 373 g/mol. The molecule has 0 aliphatic heterocycles. The highest BCUT2D eigenvalue weighted by Crippen LogP contribution is 2.28. The van der Waals surface area contributed by atoms with E-state index in [2.05, 4.69) is 14.9 Å². The van der Waals surface area contributed by atoms with Gasteiger partial charge < -0.3 is 4.98 Å². The Morgan fingerprint density at radius 1 is 0.963 bits per heavy atom. The summed E-state index contributed by atoms with van der Waals surface area (Å²) in [4.78, 5) is 19.6. The van der Waals surface area contributed by atoms with Crippen LogP contribution in [0.3, 0.4) is 0 Å². The molecular weight excluding hydrogens is 355 g/mol. The van der Waals surface area contributed by atoms with Crippen LogP contribution in [-0.4, -0.2) is 21.9 Å². The second kappa shape index (κ2) is 7.75. The molecule has 2 aromatic carbocycles. The van der Waals surface area contributed by atoms with Crippen molar-refractivity contribution in [3.05, 3.63) is 87.8 Å². The van der Waals surface area contributed by atoms with E-state index >= 15 is 0 Å². The standard InChI is InChI=1S/C20H18F3N3O/c1-26(12-14-6-3-2-4-7-14)13-15-8-5-9-16(10-15)19-24-17(20(21,22)23)11-18(27)25-19/h2-11H,12-13H2,1H3,(H,24,25,27). The highest BCUT2D eigenvalue weighted by Gasteiger charge is 2.33. The molecule has 0 fully saturated rings. The molecule has 0 aliphatic carbocycles. The number of nitrogens with one attached hydrogen (secondary N) is 1. The molecule has 0 bridgehead atoms. The molecule has 27 heavy (non-hydrogen) atoms. The predicted octanol–water partition coefficient (Wildman–Crippen LogP) is 4.09. The van der Waals surface area contributed by atoms with E-state index in [4.69, 9.17) is 0 Å². The number of alkyl halides is 3. The average Bonchev–Trinajstić information content (AvgIpc) is 2.61. The molecule has 1 N–H and O–H groups in total. The number of halogens is 3. The van der Waals surface area contributed by atoms with Crippen LogP contribution in [0.15, 0.2) is 65.5 Å². The first-order chi connectivity index (χ1) is 12.8. The van der Waals surface area contributed by atoms with Gasteiger partial charge in [-0.05, 0) is 24.2 Å². The quantitative estimate of drug-likeness (QED) is 0.733. The van der Waals surface area contributed by atoms with Crippen molar-refractivity contribution >= 4 is 0 Å². The Labute approximate surface area is 154 Å². The van der Waals surface area contributed by atoms with Gasteiger partial charge in [-0.25, -0.2) is 4.98 Å². The molecule has 1 aromatic heterocycles. The maximum absolute atomic E-state index is 12.9. The molecule has 0 aliphatic rings. The Hall–Kier alpha value is -2.93. The van der Waals surface area contributed by atoms with Crippen molar-refractivity contribution in [3.8, 4) is 11.4 Å². The van der Waals surface area contributed by atoms with Crippen LogP contribution in [0.2, 0.25) is 0 Å². The lowest BCUT2D eigenvalue weighted by Crippen LogP contribution is -2.18. The fraction of sp³-hybridized carbons (Fsp3) is 0.200. The van der Waals surface area contributed by atoms with Crippen molar-refractivity contribution in [3.63, 3.8) is 0 Å². The summed E-state index contributed by atoms with van der Waals surface area (Å²) in [6, 6.07) is 17.4. The largest absolute Gasteiger partial charge is 0.433 e. The molecule has 0 amide bonds. The fourth-order valence-corrected chi connectivity index (χ4v) is 2.82. The van der Waals surface area contributed by atoms with Crippen LogP contribution in [0.1, 0.15) is 16.8 Å². The zero-order chi connectivity index (χ0) is 19.4. The lowest BCUT2D eigenvalue weighted by Gasteiger charge is -2.17. The van der Waals surface area contributed by atoms with Gasteiger partial charge in [-0.1, -0.05) is 48.5 Å². The molecule has 0 saturated heterocycles. The van der Waals surface area contributed by atoms with E-state index in [9.17, 15) is 18.0 Å². The third-order valence-corrected chi connectivity index (χ3v) is 3.98. The van der Waals surface area contributed by atoms with Crippen LogP contribution in [-0.2, 0) is 19.3 Å². The van der Waals surface area contributed by atoms with Gasteiger partial charge in [-0.2, -0.15) is 13.2 Å². The van der Waals surface area contributed by atoms with Crippen LogP contribution in [0.4, 0.5) is 13.2 Å². The van der Waals surface area contributed by atoms with E-state index in [-0.39, 0.29) is 5.82 Å². The minimum Gasteiger partial charge on any atom is -0.307 e. The Kier molecular flexibility index (Phi) is 5.41. The summed E-state index contributed by atoms with van der Waals surface area (Å²) >= 11 is 0. The number of aromatic nitrogens is 2. The predicted molar refractivity (Wildman–Crippen MR) is 96.9 cm³/mol. The topological polar surface area (TPSA) is 49.0 Å². The molecule has 4 nitrogen and oxygen atoms in total. The van der Waals surface area contributed by atoms with Crippen LogP contribution in [0, 0.1) is 0 Å². The van der Waals surface area contributed by atoms with Gasteiger partial charge in [0.05, 0.1) is 0 Å². The molecular formula is C20H18F3N3O. The van der Waals surface area contributed by atoms with Crippen molar-refractivity contribution in [2.24, 2.45) is 0 Å². The monoisotopic (exact) mass is 373 g/mol.